The first-order valence-corrected chi connectivity index (χ1v) is 12.8. The minimum absolute atomic E-state index is 0.184. The van der Waals surface area contributed by atoms with Crippen LogP contribution in [0.5, 0.6) is 0 Å². The molecule has 0 atom stereocenters. The van der Waals surface area contributed by atoms with Gasteiger partial charge in [-0.05, 0) is 38.0 Å². The summed E-state index contributed by atoms with van der Waals surface area (Å²) in [5.74, 6) is -0.225. The lowest BCUT2D eigenvalue weighted by Crippen LogP contribution is -2.40. The van der Waals surface area contributed by atoms with Gasteiger partial charge in [-0.2, -0.15) is 15.5 Å². The first kappa shape index (κ1) is 23.3. The summed E-state index contributed by atoms with van der Waals surface area (Å²) < 4.78 is 5.78. The summed E-state index contributed by atoms with van der Waals surface area (Å²) in [5, 5.41) is 28.1. The number of hydrogen-bond acceptors (Lipinski definition) is 7. The molecule has 37 heavy (non-hydrogen) atoms. The molecule has 5 aromatic heterocycles. The van der Waals surface area contributed by atoms with Crippen LogP contribution in [0.1, 0.15) is 30.1 Å². The van der Waals surface area contributed by atoms with Crippen LogP contribution in [0, 0.1) is 18.3 Å². The summed E-state index contributed by atoms with van der Waals surface area (Å²) in [7, 11) is 0. The number of imidazole rings is 1. The highest BCUT2D eigenvalue weighted by Crippen LogP contribution is 2.38. The van der Waals surface area contributed by atoms with Crippen molar-refractivity contribution in [3.63, 3.8) is 0 Å². The Kier molecular flexibility index (Phi) is 5.90. The van der Waals surface area contributed by atoms with E-state index in [1.807, 2.05) is 46.0 Å². The number of aromatic nitrogens is 6. The van der Waals surface area contributed by atoms with Gasteiger partial charge >= 0.3 is 0 Å². The Hall–Kier alpha value is -4.14. The van der Waals surface area contributed by atoms with Crippen LogP contribution in [0.3, 0.4) is 0 Å². The molecule has 1 N–H and O–H groups in total. The number of aliphatic hydroxyl groups is 1. The van der Waals surface area contributed by atoms with Crippen LogP contribution >= 0.6 is 11.8 Å². The van der Waals surface area contributed by atoms with E-state index in [1.165, 1.54) is 0 Å². The molecule has 0 unspecified atom stereocenters. The van der Waals surface area contributed by atoms with Crippen LogP contribution in [-0.4, -0.2) is 64.4 Å². The summed E-state index contributed by atoms with van der Waals surface area (Å²) in [6.07, 6.45) is 12.5. The zero-order valence-electron chi connectivity index (χ0n) is 20.2. The number of rotatable bonds is 5. The van der Waals surface area contributed by atoms with E-state index in [2.05, 4.69) is 29.1 Å². The van der Waals surface area contributed by atoms with Crippen LogP contribution in [0.2, 0.25) is 0 Å². The van der Waals surface area contributed by atoms with E-state index in [0.29, 0.717) is 18.7 Å². The van der Waals surface area contributed by atoms with Crippen molar-refractivity contribution in [1.82, 2.24) is 33.7 Å². The molecule has 186 valence electrons. The number of nitriles is 1. The van der Waals surface area contributed by atoms with Crippen molar-refractivity contribution in [2.24, 2.45) is 0 Å². The number of amides is 1. The van der Waals surface area contributed by atoms with Gasteiger partial charge in [-0.3, -0.25) is 9.48 Å². The number of pyridine rings is 2. The molecule has 1 saturated heterocycles. The molecular formula is C26H24N8O2S. The molecule has 0 aromatic carbocycles. The molecule has 5 aromatic rings. The molecule has 0 saturated carbocycles. The molecule has 1 aliphatic heterocycles. The average Bonchev–Trinajstić information content (AvgIpc) is 3.66. The van der Waals surface area contributed by atoms with Crippen molar-refractivity contribution in [2.45, 2.75) is 35.6 Å². The van der Waals surface area contributed by atoms with Gasteiger partial charge in [0.15, 0.2) is 0 Å². The fourth-order valence-corrected chi connectivity index (χ4v) is 6.19. The summed E-state index contributed by atoms with van der Waals surface area (Å²) in [6, 6.07) is 8.57. The lowest BCUT2D eigenvalue weighted by atomic mass is 10.0. The third-order valence-corrected chi connectivity index (χ3v) is 8.08. The second-order valence-corrected chi connectivity index (χ2v) is 10.2. The molecular weight excluding hydrogens is 488 g/mol. The van der Waals surface area contributed by atoms with Crippen molar-refractivity contribution in [3.05, 3.63) is 66.8 Å². The molecule has 0 bridgehead atoms. The van der Waals surface area contributed by atoms with Crippen LogP contribution in [-0.2, 0) is 4.79 Å². The number of likely N-dealkylation sites (tertiary alicyclic amines) is 1. The molecule has 0 spiro atoms. The van der Waals surface area contributed by atoms with Gasteiger partial charge in [0.2, 0.25) is 5.91 Å². The van der Waals surface area contributed by atoms with Gasteiger partial charge in [0, 0.05) is 52.1 Å². The number of aliphatic hydroxyl groups excluding tert-OH is 1. The third-order valence-electron chi connectivity index (χ3n) is 6.98. The van der Waals surface area contributed by atoms with Crippen LogP contribution in [0.25, 0.3) is 22.2 Å². The Morgan fingerprint density at radius 1 is 1.22 bits per heavy atom. The Morgan fingerprint density at radius 3 is 2.84 bits per heavy atom. The van der Waals surface area contributed by atoms with E-state index in [0.717, 1.165) is 50.5 Å². The maximum Gasteiger partial charge on any atom is 0.248 e. The van der Waals surface area contributed by atoms with Crippen LogP contribution in [0.4, 0.5) is 0 Å². The molecule has 11 heteroatoms. The molecule has 10 nitrogen and oxygen atoms in total. The normalized spacial score (nSPS) is 14.5. The summed E-state index contributed by atoms with van der Waals surface area (Å²) in [6.45, 7) is 2.82. The van der Waals surface area contributed by atoms with E-state index in [9.17, 15) is 10.1 Å². The monoisotopic (exact) mass is 512 g/mol. The first-order chi connectivity index (χ1) is 18.1. The van der Waals surface area contributed by atoms with Gasteiger partial charge in [0.05, 0.1) is 47.6 Å². The fraction of sp³-hybridized carbons (Fsp3) is 0.269. The quantitative estimate of drug-likeness (QED) is 0.384. The maximum atomic E-state index is 11.8. The fourth-order valence-electron chi connectivity index (χ4n) is 5.05. The Labute approximate surface area is 216 Å². The SMILES string of the molecule is Cc1c(-c2cc(Sc3cccn4cncc34)c3c(C#N)cnn3c2)cnn1C1CCN(C(=O)CO)CC1. The lowest BCUT2D eigenvalue weighted by Gasteiger charge is -2.32. The average molecular weight is 513 g/mol. The Bertz CT molecular complexity index is 1670. The highest BCUT2D eigenvalue weighted by atomic mass is 32.2. The van der Waals surface area contributed by atoms with Crippen molar-refractivity contribution in [1.29, 1.82) is 5.26 Å². The minimum atomic E-state index is -0.449. The molecule has 0 radical (unpaired) electrons. The molecule has 1 fully saturated rings. The number of piperidine rings is 1. The zero-order valence-corrected chi connectivity index (χ0v) is 21.0. The predicted octanol–water partition coefficient (Wildman–Crippen LogP) is 3.33. The predicted molar refractivity (Wildman–Crippen MR) is 137 cm³/mol. The number of carbonyl (C=O) groups excluding carboxylic acids is 1. The van der Waals surface area contributed by atoms with Gasteiger partial charge in [-0.1, -0.05) is 11.8 Å². The van der Waals surface area contributed by atoms with E-state index in [4.69, 9.17) is 10.2 Å². The topological polar surface area (TPSA) is 117 Å². The van der Waals surface area contributed by atoms with Crippen molar-refractivity contribution in [3.8, 4) is 17.2 Å². The Morgan fingerprint density at radius 2 is 2.05 bits per heavy atom. The first-order valence-electron chi connectivity index (χ1n) is 12.0. The number of nitrogens with zero attached hydrogens (tertiary/aromatic N) is 8. The van der Waals surface area contributed by atoms with Gasteiger partial charge in [-0.25, -0.2) is 9.50 Å². The van der Waals surface area contributed by atoms with Crippen molar-refractivity contribution in [2.75, 3.05) is 19.7 Å². The third kappa shape index (κ3) is 4.04. The summed E-state index contributed by atoms with van der Waals surface area (Å²) in [5.41, 5.74) is 5.26. The molecule has 1 amide bonds. The molecule has 0 aliphatic carbocycles. The van der Waals surface area contributed by atoms with E-state index in [1.54, 1.807) is 33.7 Å². The maximum absolute atomic E-state index is 11.8. The lowest BCUT2D eigenvalue weighted by molar-refractivity contribution is -0.135. The molecule has 6 rings (SSSR count). The zero-order chi connectivity index (χ0) is 25.5. The number of fused-ring (bicyclic) bond motifs is 2. The van der Waals surface area contributed by atoms with E-state index in [-0.39, 0.29) is 11.9 Å². The second kappa shape index (κ2) is 9.38. The Balaban J connectivity index is 1.37. The van der Waals surface area contributed by atoms with Crippen LogP contribution in [0.15, 0.2) is 65.3 Å². The van der Waals surface area contributed by atoms with Gasteiger partial charge in [0.25, 0.3) is 0 Å². The molecule has 1 aliphatic rings. The van der Waals surface area contributed by atoms with Gasteiger partial charge in [-0.15, -0.1) is 0 Å². The van der Waals surface area contributed by atoms with Gasteiger partial charge < -0.3 is 14.4 Å². The van der Waals surface area contributed by atoms with Crippen LogP contribution < -0.4 is 0 Å². The van der Waals surface area contributed by atoms with E-state index >= 15 is 0 Å². The highest BCUT2D eigenvalue weighted by Gasteiger charge is 2.26. The number of carbonyl (C=O) groups is 1. The van der Waals surface area contributed by atoms with E-state index < -0.39 is 6.61 Å². The number of hydrogen-bond donors (Lipinski definition) is 1. The largest absolute Gasteiger partial charge is 0.387 e. The highest BCUT2D eigenvalue weighted by molar-refractivity contribution is 7.99. The van der Waals surface area contributed by atoms with Gasteiger partial charge in [0.1, 0.15) is 12.7 Å². The smallest absolute Gasteiger partial charge is 0.248 e. The molecule has 6 heterocycles. The summed E-state index contributed by atoms with van der Waals surface area (Å²) >= 11 is 1.58. The minimum Gasteiger partial charge on any atom is -0.387 e. The second-order valence-electron chi connectivity index (χ2n) is 9.08. The summed E-state index contributed by atoms with van der Waals surface area (Å²) in [4.78, 5) is 19.8. The van der Waals surface area contributed by atoms with Crippen molar-refractivity contribution >= 4 is 28.7 Å². The van der Waals surface area contributed by atoms with Crippen molar-refractivity contribution < 1.29 is 9.90 Å². The standard InChI is InChI=1S/C26H24N8O2S/c1-17-21(12-30-34(17)20-4-7-31(8-5-20)25(36)15-35)18-9-24(26-19(10-27)11-29-33(26)14-18)37-23-3-2-6-32-16-28-13-22(23)32/h2-3,6,9,11-14,16,20,35H,4-5,7-8,15H2,1H3.